The second-order valence-corrected chi connectivity index (χ2v) is 2.33. The van der Waals surface area contributed by atoms with Crippen molar-refractivity contribution in [1.82, 2.24) is 0 Å². The second-order valence-electron chi connectivity index (χ2n) is 2.33. The molecule has 0 fully saturated rings. The van der Waals surface area contributed by atoms with E-state index in [9.17, 15) is 4.79 Å². The molecule has 0 heterocycles. The van der Waals surface area contributed by atoms with Crippen molar-refractivity contribution in [1.29, 1.82) is 0 Å². The minimum atomic E-state index is -1.28. The van der Waals surface area contributed by atoms with Crippen LogP contribution in [0.3, 0.4) is 0 Å². The normalized spacial score (nSPS) is 14.1. The molecule has 0 saturated carbocycles. The molecule has 0 aliphatic carbocycles. The fraction of sp³-hybridized carbons (Fsp3) is 0.625. The number of carboxylic acid groups (broad SMARTS) is 1. The molecule has 1 N–H and O–H groups in total. The molecule has 0 saturated heterocycles. The molecular weight excluding hydrogens is 144 g/mol. The highest BCUT2D eigenvalue weighted by molar-refractivity contribution is 5.58. The fourth-order valence-corrected chi connectivity index (χ4v) is 0.643. The van der Waals surface area contributed by atoms with Gasteiger partial charge in [0, 0.05) is 0 Å². The van der Waals surface area contributed by atoms with E-state index in [-0.39, 0.29) is 0 Å². The number of ether oxygens (including phenoxy) is 1. The molecule has 0 aliphatic rings. The summed E-state index contributed by atoms with van der Waals surface area (Å²) in [6.07, 6.45) is -0.725. The van der Waals surface area contributed by atoms with Crippen molar-refractivity contribution in [2.75, 3.05) is 0 Å². The van der Waals surface area contributed by atoms with Crippen LogP contribution in [0.15, 0.2) is 0 Å². The molecule has 11 heavy (non-hydrogen) atoms. The zero-order valence-electron chi connectivity index (χ0n) is 6.97. The Labute approximate surface area is 66.4 Å². The van der Waals surface area contributed by atoms with Crippen LogP contribution in [-0.2, 0) is 4.74 Å². The highest BCUT2D eigenvalue weighted by Gasteiger charge is 2.23. The van der Waals surface area contributed by atoms with Gasteiger partial charge in [-0.25, -0.2) is 4.79 Å². The number of hydrogen-bond acceptors (Lipinski definition) is 2. The maximum absolute atomic E-state index is 10.2. The lowest BCUT2D eigenvalue weighted by Crippen LogP contribution is -2.28. The predicted octanol–water partition coefficient (Wildman–Crippen LogP) is 1.87. The average molecular weight is 156 g/mol. The van der Waals surface area contributed by atoms with Gasteiger partial charge in [-0.1, -0.05) is 12.8 Å². The summed E-state index contributed by atoms with van der Waals surface area (Å²) in [5.41, 5.74) is -0.847. The van der Waals surface area contributed by atoms with Gasteiger partial charge in [0.25, 0.3) is 0 Å². The summed E-state index contributed by atoms with van der Waals surface area (Å²) >= 11 is 0. The molecule has 1 unspecified atom stereocenters. The van der Waals surface area contributed by atoms with E-state index in [2.05, 4.69) is 16.6 Å². The number of hydrogen-bond donors (Lipinski definition) is 1. The van der Waals surface area contributed by atoms with E-state index < -0.39 is 11.8 Å². The van der Waals surface area contributed by atoms with Gasteiger partial charge >= 0.3 is 6.16 Å². The lowest BCUT2D eigenvalue weighted by Gasteiger charge is -2.19. The molecule has 3 nitrogen and oxygen atoms in total. The Morgan fingerprint density at radius 3 is 2.55 bits per heavy atom. The molecule has 0 radical (unpaired) electrons. The van der Waals surface area contributed by atoms with Crippen LogP contribution in [0.2, 0.25) is 0 Å². The van der Waals surface area contributed by atoms with Crippen LogP contribution in [-0.4, -0.2) is 16.9 Å². The van der Waals surface area contributed by atoms with Crippen molar-refractivity contribution in [3.63, 3.8) is 0 Å². The molecule has 0 aromatic heterocycles. The second kappa shape index (κ2) is 3.87. The molecule has 0 rings (SSSR count). The maximum atomic E-state index is 10.2. The van der Waals surface area contributed by atoms with Crippen LogP contribution in [0.5, 0.6) is 0 Å². The van der Waals surface area contributed by atoms with Crippen molar-refractivity contribution >= 4 is 6.16 Å². The van der Waals surface area contributed by atoms with Crippen molar-refractivity contribution in [2.24, 2.45) is 0 Å². The summed E-state index contributed by atoms with van der Waals surface area (Å²) < 4.78 is 4.57. The first kappa shape index (κ1) is 9.83. The highest BCUT2D eigenvalue weighted by atomic mass is 16.7. The molecule has 0 aromatic rings. The summed E-state index contributed by atoms with van der Waals surface area (Å²) in [7, 11) is 0. The summed E-state index contributed by atoms with van der Waals surface area (Å²) in [5.74, 6) is 5.31. The third-order valence-electron chi connectivity index (χ3n) is 1.38. The zero-order valence-corrected chi connectivity index (χ0v) is 6.97. The van der Waals surface area contributed by atoms with E-state index in [1.807, 2.05) is 6.92 Å². The van der Waals surface area contributed by atoms with E-state index >= 15 is 0 Å². The summed E-state index contributed by atoms with van der Waals surface area (Å²) in [6, 6.07) is 0. The molecular formula is C8H12O3. The smallest absolute Gasteiger partial charge is 0.450 e. The minimum absolute atomic E-state index is 0.556. The van der Waals surface area contributed by atoms with Gasteiger partial charge < -0.3 is 9.84 Å². The summed E-state index contributed by atoms with van der Waals surface area (Å²) in [6.45, 7) is 5.13. The van der Waals surface area contributed by atoms with E-state index in [1.165, 1.54) is 0 Å². The Balaban J connectivity index is 4.30. The van der Waals surface area contributed by atoms with Crippen molar-refractivity contribution in [2.45, 2.75) is 32.8 Å². The van der Waals surface area contributed by atoms with Crippen LogP contribution in [0.4, 0.5) is 4.79 Å². The Morgan fingerprint density at radius 1 is 1.73 bits per heavy atom. The van der Waals surface area contributed by atoms with Crippen molar-refractivity contribution in [3.05, 3.63) is 0 Å². The topological polar surface area (TPSA) is 46.5 Å². The third kappa shape index (κ3) is 3.51. The van der Waals surface area contributed by atoms with E-state index in [1.54, 1.807) is 13.8 Å². The summed E-state index contributed by atoms with van der Waals surface area (Å²) in [4.78, 5) is 10.2. The maximum Gasteiger partial charge on any atom is 0.507 e. The minimum Gasteiger partial charge on any atom is -0.450 e. The van der Waals surface area contributed by atoms with Gasteiger partial charge in [-0.05, 0) is 20.3 Å². The largest absolute Gasteiger partial charge is 0.507 e. The summed E-state index contributed by atoms with van der Waals surface area (Å²) in [5, 5.41) is 8.32. The molecule has 0 aromatic carbocycles. The van der Waals surface area contributed by atoms with Crippen LogP contribution < -0.4 is 0 Å². The van der Waals surface area contributed by atoms with Crippen LogP contribution in [0.1, 0.15) is 27.2 Å². The standard InChI is InChI=1S/C8H12O3/c1-4-6-8(3,5-2)11-7(9)10/h5H2,1-3H3,(H,9,10). The van der Waals surface area contributed by atoms with Crippen LogP contribution in [0.25, 0.3) is 0 Å². The Bertz CT molecular complexity index is 199. The lowest BCUT2D eigenvalue weighted by atomic mass is 10.1. The highest BCUT2D eigenvalue weighted by Crippen LogP contribution is 2.13. The van der Waals surface area contributed by atoms with E-state index in [0.717, 1.165) is 0 Å². The Kier molecular flexibility index (Phi) is 3.46. The SMILES string of the molecule is CC#CC(C)(CC)OC(=O)O. The molecule has 62 valence electrons. The van der Waals surface area contributed by atoms with Crippen molar-refractivity contribution in [3.8, 4) is 11.8 Å². The first-order valence-corrected chi connectivity index (χ1v) is 3.40. The Hall–Kier alpha value is -1.17. The Morgan fingerprint density at radius 2 is 2.27 bits per heavy atom. The van der Waals surface area contributed by atoms with Crippen LogP contribution >= 0.6 is 0 Å². The van der Waals surface area contributed by atoms with E-state index in [4.69, 9.17) is 5.11 Å². The van der Waals surface area contributed by atoms with Gasteiger partial charge in [0.05, 0.1) is 0 Å². The number of rotatable bonds is 2. The van der Waals surface area contributed by atoms with Gasteiger partial charge in [-0.15, -0.1) is 5.92 Å². The number of carbonyl (C=O) groups is 1. The van der Waals surface area contributed by atoms with Gasteiger partial charge in [-0.3, -0.25) is 0 Å². The average Bonchev–Trinajstić information content (AvgIpc) is 1.87. The molecule has 3 heteroatoms. The quantitative estimate of drug-likeness (QED) is 0.490. The fourth-order valence-electron chi connectivity index (χ4n) is 0.643. The van der Waals surface area contributed by atoms with Crippen molar-refractivity contribution < 1.29 is 14.6 Å². The van der Waals surface area contributed by atoms with E-state index in [0.29, 0.717) is 6.42 Å². The monoisotopic (exact) mass is 156 g/mol. The molecule has 0 amide bonds. The van der Waals surface area contributed by atoms with Gasteiger partial charge in [0.2, 0.25) is 0 Å². The third-order valence-corrected chi connectivity index (χ3v) is 1.38. The molecule has 0 spiro atoms. The van der Waals surface area contributed by atoms with Crippen LogP contribution in [0, 0.1) is 11.8 Å². The molecule has 0 aliphatic heterocycles. The molecule has 1 atom stereocenters. The zero-order chi connectivity index (χ0) is 8.91. The first-order valence-electron chi connectivity index (χ1n) is 3.40. The lowest BCUT2D eigenvalue weighted by molar-refractivity contribution is 0.0241. The van der Waals surface area contributed by atoms with Gasteiger partial charge in [0.15, 0.2) is 5.60 Å². The van der Waals surface area contributed by atoms with Gasteiger partial charge in [0.1, 0.15) is 0 Å². The van der Waals surface area contributed by atoms with Gasteiger partial charge in [-0.2, -0.15) is 0 Å². The first-order chi connectivity index (χ1) is 5.04. The predicted molar refractivity (Wildman–Crippen MR) is 41.3 cm³/mol. The molecule has 0 bridgehead atoms.